The molecule has 1 aromatic carbocycles. The molecule has 1 aromatic rings. The van der Waals surface area contributed by atoms with Gasteiger partial charge in [0.25, 0.3) is 0 Å². The number of carbonyl (C=O) groups is 1. The highest BCUT2D eigenvalue weighted by Crippen LogP contribution is 2.25. The molecule has 0 amide bonds. The monoisotopic (exact) mass is 258 g/mol. The molecule has 0 heterocycles. The standard InChI is InChI=1S/C12H12Cl2O2/c1-7(2)10(12(15)16)5-8-3-4-9(13)6-11(8)14/h3-4,6,10H,1,5H2,2H3,(H,15,16)/t10-/m0/s1. The van der Waals surface area contributed by atoms with Crippen molar-refractivity contribution in [1.82, 2.24) is 0 Å². The first kappa shape index (κ1) is 13.1. The highest BCUT2D eigenvalue weighted by atomic mass is 35.5. The average molecular weight is 259 g/mol. The van der Waals surface area contributed by atoms with Crippen molar-refractivity contribution in [1.29, 1.82) is 0 Å². The smallest absolute Gasteiger partial charge is 0.310 e. The molecule has 0 aromatic heterocycles. The highest BCUT2D eigenvalue weighted by Gasteiger charge is 2.19. The minimum atomic E-state index is -0.890. The molecule has 1 N–H and O–H groups in total. The second-order valence-corrected chi connectivity index (χ2v) is 4.52. The van der Waals surface area contributed by atoms with Gasteiger partial charge >= 0.3 is 5.97 Å². The van der Waals surface area contributed by atoms with Crippen molar-refractivity contribution in [2.75, 3.05) is 0 Å². The second-order valence-electron chi connectivity index (χ2n) is 3.68. The van der Waals surface area contributed by atoms with E-state index in [0.717, 1.165) is 5.56 Å². The van der Waals surface area contributed by atoms with Crippen LogP contribution in [-0.4, -0.2) is 11.1 Å². The van der Waals surface area contributed by atoms with Crippen LogP contribution in [0.4, 0.5) is 0 Å². The van der Waals surface area contributed by atoms with Gasteiger partial charge in [0.2, 0.25) is 0 Å². The van der Waals surface area contributed by atoms with Gasteiger partial charge in [0.1, 0.15) is 0 Å². The number of halogens is 2. The fourth-order valence-corrected chi connectivity index (χ4v) is 1.87. The number of hydrogen-bond donors (Lipinski definition) is 1. The summed E-state index contributed by atoms with van der Waals surface area (Å²) in [6, 6.07) is 5.04. The summed E-state index contributed by atoms with van der Waals surface area (Å²) in [4.78, 5) is 11.0. The van der Waals surface area contributed by atoms with Crippen LogP contribution in [0.25, 0.3) is 0 Å². The number of hydrogen-bond acceptors (Lipinski definition) is 1. The third-order valence-electron chi connectivity index (χ3n) is 2.33. The predicted octanol–water partition coefficient (Wildman–Crippen LogP) is 3.81. The Kier molecular flexibility index (Phi) is 4.39. The summed E-state index contributed by atoms with van der Waals surface area (Å²) in [6.45, 7) is 5.37. The third-order valence-corrected chi connectivity index (χ3v) is 2.92. The zero-order chi connectivity index (χ0) is 12.3. The van der Waals surface area contributed by atoms with Gasteiger partial charge in [-0.15, -0.1) is 0 Å². The molecule has 0 spiro atoms. The normalized spacial score (nSPS) is 12.2. The molecular weight excluding hydrogens is 247 g/mol. The SMILES string of the molecule is C=C(C)[C@H](Cc1ccc(Cl)cc1Cl)C(=O)O. The third kappa shape index (κ3) is 3.26. The number of benzene rings is 1. The number of aliphatic carboxylic acids is 1. The van der Waals surface area contributed by atoms with Gasteiger partial charge in [0.15, 0.2) is 0 Å². The van der Waals surface area contributed by atoms with E-state index in [9.17, 15) is 4.79 Å². The first-order chi connectivity index (χ1) is 7.41. The van der Waals surface area contributed by atoms with Crippen LogP contribution < -0.4 is 0 Å². The Balaban J connectivity index is 2.94. The van der Waals surface area contributed by atoms with Gasteiger partial charge in [0, 0.05) is 10.0 Å². The quantitative estimate of drug-likeness (QED) is 0.834. The largest absolute Gasteiger partial charge is 0.481 e. The molecule has 16 heavy (non-hydrogen) atoms. The first-order valence-electron chi connectivity index (χ1n) is 4.74. The van der Waals surface area contributed by atoms with Gasteiger partial charge in [-0.3, -0.25) is 4.79 Å². The van der Waals surface area contributed by atoms with E-state index in [0.29, 0.717) is 22.0 Å². The van der Waals surface area contributed by atoms with Gasteiger partial charge < -0.3 is 5.11 Å². The van der Waals surface area contributed by atoms with Crippen LogP contribution in [0.2, 0.25) is 10.0 Å². The summed E-state index contributed by atoms with van der Waals surface area (Å²) in [5.74, 6) is -1.50. The highest BCUT2D eigenvalue weighted by molar-refractivity contribution is 6.35. The second kappa shape index (κ2) is 5.37. The molecule has 1 atom stereocenters. The van der Waals surface area contributed by atoms with Crippen molar-refractivity contribution >= 4 is 29.2 Å². The lowest BCUT2D eigenvalue weighted by atomic mass is 9.94. The van der Waals surface area contributed by atoms with Crippen molar-refractivity contribution in [3.63, 3.8) is 0 Å². The van der Waals surface area contributed by atoms with Crippen LogP contribution in [0.15, 0.2) is 30.4 Å². The minimum absolute atomic E-state index is 0.334. The maximum absolute atomic E-state index is 11.0. The molecule has 0 aliphatic heterocycles. The van der Waals surface area contributed by atoms with Crippen molar-refractivity contribution in [2.45, 2.75) is 13.3 Å². The lowest BCUT2D eigenvalue weighted by Crippen LogP contribution is -2.17. The van der Waals surface area contributed by atoms with Crippen LogP contribution in [0.3, 0.4) is 0 Å². The summed E-state index contributed by atoms with van der Waals surface area (Å²) in [5.41, 5.74) is 1.37. The fraction of sp³-hybridized carbons (Fsp3) is 0.250. The topological polar surface area (TPSA) is 37.3 Å². The molecule has 4 heteroatoms. The molecule has 86 valence electrons. The Labute approximate surface area is 104 Å². The Hall–Kier alpha value is -0.990. The molecular formula is C12H12Cl2O2. The molecule has 0 fully saturated rings. The summed E-state index contributed by atoms with van der Waals surface area (Å²) in [5, 5.41) is 10.0. The summed E-state index contributed by atoms with van der Waals surface area (Å²) in [6.07, 6.45) is 0.334. The van der Waals surface area contributed by atoms with E-state index < -0.39 is 11.9 Å². The zero-order valence-corrected chi connectivity index (χ0v) is 10.3. The first-order valence-corrected chi connectivity index (χ1v) is 5.49. The summed E-state index contributed by atoms with van der Waals surface area (Å²) in [7, 11) is 0. The molecule has 0 aliphatic carbocycles. The van der Waals surface area contributed by atoms with Crippen molar-refractivity contribution in [3.8, 4) is 0 Å². The summed E-state index contributed by atoms with van der Waals surface area (Å²) < 4.78 is 0. The Bertz CT molecular complexity index is 413. The molecule has 0 saturated carbocycles. The molecule has 0 aliphatic rings. The van der Waals surface area contributed by atoms with Gasteiger partial charge in [-0.1, -0.05) is 41.4 Å². The van der Waals surface area contributed by atoms with Crippen LogP contribution >= 0.6 is 23.2 Å². The van der Waals surface area contributed by atoms with Crippen LogP contribution in [-0.2, 0) is 11.2 Å². The fourth-order valence-electron chi connectivity index (χ4n) is 1.38. The van der Waals surface area contributed by atoms with E-state index >= 15 is 0 Å². The van der Waals surface area contributed by atoms with Crippen molar-refractivity contribution in [2.24, 2.45) is 5.92 Å². The van der Waals surface area contributed by atoms with Crippen molar-refractivity contribution in [3.05, 3.63) is 46.0 Å². The van der Waals surface area contributed by atoms with E-state index in [1.54, 1.807) is 25.1 Å². The Morgan fingerprint density at radius 2 is 2.12 bits per heavy atom. The van der Waals surface area contributed by atoms with Gasteiger partial charge in [-0.05, 0) is 31.0 Å². The van der Waals surface area contributed by atoms with E-state index in [2.05, 4.69) is 6.58 Å². The maximum atomic E-state index is 11.0. The molecule has 0 unspecified atom stereocenters. The van der Waals surface area contributed by atoms with Gasteiger partial charge in [0.05, 0.1) is 5.92 Å². The molecule has 0 bridgehead atoms. The number of carboxylic acids is 1. The average Bonchev–Trinajstić information content (AvgIpc) is 2.15. The Morgan fingerprint density at radius 1 is 1.50 bits per heavy atom. The number of rotatable bonds is 4. The maximum Gasteiger partial charge on any atom is 0.310 e. The zero-order valence-electron chi connectivity index (χ0n) is 8.84. The van der Waals surface area contributed by atoms with Gasteiger partial charge in [-0.2, -0.15) is 0 Å². The van der Waals surface area contributed by atoms with Crippen LogP contribution in [0, 0.1) is 5.92 Å². The van der Waals surface area contributed by atoms with E-state index in [1.165, 1.54) is 0 Å². The lowest BCUT2D eigenvalue weighted by molar-refractivity contribution is -0.140. The van der Waals surface area contributed by atoms with Crippen LogP contribution in [0.5, 0.6) is 0 Å². The van der Waals surface area contributed by atoms with Crippen LogP contribution in [0.1, 0.15) is 12.5 Å². The van der Waals surface area contributed by atoms with Crippen molar-refractivity contribution < 1.29 is 9.90 Å². The van der Waals surface area contributed by atoms with E-state index in [1.807, 2.05) is 0 Å². The molecule has 1 rings (SSSR count). The minimum Gasteiger partial charge on any atom is -0.481 e. The van der Waals surface area contributed by atoms with E-state index in [4.69, 9.17) is 28.3 Å². The predicted molar refractivity (Wildman–Crippen MR) is 66.1 cm³/mol. The molecule has 0 saturated heterocycles. The van der Waals surface area contributed by atoms with E-state index in [-0.39, 0.29) is 0 Å². The molecule has 2 nitrogen and oxygen atoms in total. The van der Waals surface area contributed by atoms with Gasteiger partial charge in [-0.25, -0.2) is 0 Å². The summed E-state index contributed by atoms with van der Waals surface area (Å²) >= 11 is 11.7. The lowest BCUT2D eigenvalue weighted by Gasteiger charge is -2.13. The Morgan fingerprint density at radius 3 is 2.56 bits per heavy atom. The molecule has 0 radical (unpaired) electrons. The number of carboxylic acid groups (broad SMARTS) is 1.